The normalized spacial score (nSPS) is 12.4. The highest BCUT2D eigenvalue weighted by molar-refractivity contribution is 7.96. The topological polar surface area (TPSA) is 49.4 Å². The van der Waals surface area contributed by atoms with E-state index in [1.807, 2.05) is 97.9 Å². The van der Waals surface area contributed by atoms with E-state index in [2.05, 4.69) is 0 Å². The van der Waals surface area contributed by atoms with Crippen molar-refractivity contribution in [1.29, 1.82) is 0 Å². The molecule has 4 heteroatoms. The van der Waals surface area contributed by atoms with Crippen molar-refractivity contribution in [3.05, 3.63) is 91.0 Å². The molecule has 0 saturated heterocycles. The molecule has 3 aromatic carbocycles. The van der Waals surface area contributed by atoms with Crippen LogP contribution in [0.25, 0.3) is 0 Å². The lowest BCUT2D eigenvalue weighted by Crippen LogP contribution is -2.41. The molecule has 0 aliphatic rings. The standard InChI is InChI=1S/C21H19O3P/c1-17(24-21(22)23)25(18-11-5-2-6-12-18,19-13-7-3-8-14-19)20-15-9-4-10-16-20/h2-17H,1H3. The molecule has 3 nitrogen and oxygen atoms in total. The van der Waals surface area contributed by atoms with Crippen molar-refractivity contribution >= 4 is 29.3 Å². The monoisotopic (exact) mass is 350 g/mol. The zero-order valence-corrected chi connectivity index (χ0v) is 14.8. The van der Waals surface area contributed by atoms with Crippen molar-refractivity contribution in [2.24, 2.45) is 0 Å². The summed E-state index contributed by atoms with van der Waals surface area (Å²) in [6, 6.07) is 30.0. The Labute approximate surface area is 148 Å². The van der Waals surface area contributed by atoms with E-state index in [1.165, 1.54) is 0 Å². The van der Waals surface area contributed by atoms with E-state index >= 15 is 0 Å². The minimum absolute atomic E-state index is 0.565. The molecule has 3 aromatic rings. The fraction of sp³-hybridized carbons (Fsp3) is 0.0952. The van der Waals surface area contributed by atoms with Crippen LogP contribution in [0.5, 0.6) is 0 Å². The molecule has 0 saturated carbocycles. The summed E-state index contributed by atoms with van der Waals surface area (Å²) >= 11 is 0. The van der Waals surface area contributed by atoms with Crippen molar-refractivity contribution in [1.82, 2.24) is 0 Å². The van der Waals surface area contributed by atoms with Gasteiger partial charge in [0.25, 0.3) is 6.16 Å². The Hall–Kier alpha value is -2.64. The molecule has 0 N–H and O–H groups in total. The molecule has 3 rings (SSSR count). The van der Waals surface area contributed by atoms with Crippen LogP contribution in [0.4, 0.5) is 4.79 Å². The average Bonchev–Trinajstić information content (AvgIpc) is 2.64. The number of benzene rings is 3. The number of carbonyl (C=O) groups excluding carboxylic acids is 1. The predicted molar refractivity (Wildman–Crippen MR) is 101 cm³/mol. The second kappa shape index (κ2) is 7.50. The molecule has 0 spiro atoms. The summed E-state index contributed by atoms with van der Waals surface area (Å²) in [5, 5.41) is 14.4. The highest BCUT2D eigenvalue weighted by Gasteiger charge is 2.50. The summed E-state index contributed by atoms with van der Waals surface area (Å²) in [6.07, 6.45) is -1.50. The first-order valence-corrected chi connectivity index (χ1v) is 9.94. The smallest absolute Gasteiger partial charge is 0.255 e. The maximum Gasteiger partial charge on any atom is 0.255 e. The van der Waals surface area contributed by atoms with Crippen LogP contribution in [0.3, 0.4) is 0 Å². The van der Waals surface area contributed by atoms with Gasteiger partial charge < -0.3 is 14.6 Å². The Balaban J connectivity index is 2.33. The number of carboxylic acid groups (broad SMARTS) is 1. The van der Waals surface area contributed by atoms with Gasteiger partial charge in [-0.3, -0.25) is 0 Å². The van der Waals surface area contributed by atoms with Gasteiger partial charge >= 0.3 is 0 Å². The molecule has 0 amide bonds. The van der Waals surface area contributed by atoms with E-state index in [-0.39, 0.29) is 0 Å². The summed E-state index contributed by atoms with van der Waals surface area (Å²) in [5.41, 5.74) is 0. The highest BCUT2D eigenvalue weighted by atomic mass is 31.2. The number of rotatable bonds is 5. The maximum absolute atomic E-state index is 11.2. The Morgan fingerprint density at radius 2 is 1.08 bits per heavy atom. The van der Waals surface area contributed by atoms with Gasteiger partial charge in [-0.05, 0) is 43.3 Å². The molecule has 0 radical (unpaired) electrons. The highest BCUT2D eigenvalue weighted by Crippen LogP contribution is 2.59. The van der Waals surface area contributed by atoms with Crippen LogP contribution < -0.4 is 21.0 Å². The third-order valence-corrected chi connectivity index (χ3v) is 8.84. The Morgan fingerprint density at radius 3 is 1.36 bits per heavy atom. The third kappa shape index (κ3) is 3.29. The maximum atomic E-state index is 11.2. The molecule has 0 aromatic heterocycles. The van der Waals surface area contributed by atoms with Crippen LogP contribution in [-0.4, -0.2) is 12.0 Å². The van der Waals surface area contributed by atoms with Gasteiger partial charge in [-0.25, -0.2) is 0 Å². The van der Waals surface area contributed by atoms with Crippen molar-refractivity contribution in [3.63, 3.8) is 0 Å². The van der Waals surface area contributed by atoms with E-state index in [9.17, 15) is 9.90 Å². The van der Waals surface area contributed by atoms with E-state index < -0.39 is 19.3 Å². The lowest BCUT2D eigenvalue weighted by Gasteiger charge is -2.34. The number of hydrogen-bond acceptors (Lipinski definition) is 3. The molecule has 126 valence electrons. The summed E-state index contributed by atoms with van der Waals surface area (Å²) in [5.74, 6) is -0.565. The second-order valence-corrected chi connectivity index (χ2v) is 9.42. The zero-order chi connectivity index (χ0) is 17.7. The van der Waals surface area contributed by atoms with Crippen molar-refractivity contribution in [2.45, 2.75) is 12.8 Å². The van der Waals surface area contributed by atoms with Gasteiger partial charge in [-0.2, -0.15) is 0 Å². The van der Waals surface area contributed by atoms with E-state index in [1.54, 1.807) is 0 Å². The number of ether oxygens (including phenoxy) is 1. The van der Waals surface area contributed by atoms with Gasteiger partial charge in [-0.1, -0.05) is 54.6 Å². The quantitative estimate of drug-likeness (QED) is 0.525. The van der Waals surface area contributed by atoms with Gasteiger partial charge in [0.15, 0.2) is 5.85 Å². The summed E-state index contributed by atoms with van der Waals surface area (Å²) in [7, 11) is -2.34. The molecule has 0 heterocycles. The van der Waals surface area contributed by atoms with Crippen molar-refractivity contribution in [3.8, 4) is 0 Å². The minimum Gasteiger partial charge on any atom is -0.511 e. The Bertz CT molecular complexity index is 723. The molecule has 0 bridgehead atoms. The van der Waals surface area contributed by atoms with Crippen LogP contribution in [0.15, 0.2) is 91.0 Å². The molecule has 0 aliphatic heterocycles. The van der Waals surface area contributed by atoms with Gasteiger partial charge in [0, 0.05) is 0 Å². The van der Waals surface area contributed by atoms with Gasteiger partial charge in [0.1, 0.15) is 23.2 Å². The lowest BCUT2D eigenvalue weighted by atomic mass is 10.4. The summed E-state index contributed by atoms with van der Waals surface area (Å²) in [6.45, 7) is 1.82. The van der Waals surface area contributed by atoms with E-state index in [4.69, 9.17) is 4.74 Å². The van der Waals surface area contributed by atoms with E-state index in [0.29, 0.717) is 0 Å². The SMILES string of the molecule is CC(OC(=O)[O-])[P+](c1ccccc1)(c1ccccc1)c1ccccc1. The van der Waals surface area contributed by atoms with Crippen LogP contribution in [0, 0.1) is 0 Å². The number of carbonyl (C=O) groups is 1. The van der Waals surface area contributed by atoms with E-state index in [0.717, 1.165) is 15.9 Å². The van der Waals surface area contributed by atoms with Crippen LogP contribution in [0.1, 0.15) is 6.92 Å². The largest absolute Gasteiger partial charge is 0.511 e. The predicted octanol–water partition coefficient (Wildman–Crippen LogP) is 2.69. The molecule has 0 aliphatic carbocycles. The summed E-state index contributed by atoms with van der Waals surface area (Å²) in [4.78, 5) is 11.2. The van der Waals surface area contributed by atoms with Gasteiger partial charge in [0.05, 0.1) is 0 Å². The average molecular weight is 350 g/mol. The fourth-order valence-electron chi connectivity index (χ4n) is 3.28. The van der Waals surface area contributed by atoms with Crippen LogP contribution >= 0.6 is 7.26 Å². The zero-order valence-electron chi connectivity index (χ0n) is 13.9. The van der Waals surface area contributed by atoms with Crippen LogP contribution in [0.2, 0.25) is 0 Å². The Morgan fingerprint density at radius 1 is 0.760 bits per heavy atom. The lowest BCUT2D eigenvalue weighted by molar-refractivity contribution is -0.283. The Kier molecular flexibility index (Phi) is 5.16. The molecular weight excluding hydrogens is 331 g/mol. The first-order chi connectivity index (χ1) is 12.2. The van der Waals surface area contributed by atoms with Crippen LogP contribution in [-0.2, 0) is 4.74 Å². The molecule has 0 fully saturated rings. The second-order valence-electron chi connectivity index (χ2n) is 5.70. The first kappa shape index (κ1) is 17.2. The fourth-order valence-corrected chi connectivity index (χ4v) is 7.61. The van der Waals surface area contributed by atoms with Gasteiger partial charge in [-0.15, -0.1) is 0 Å². The minimum atomic E-state index is -2.34. The molecular formula is C21H19O3P. The molecule has 1 unspecified atom stereocenters. The molecule has 25 heavy (non-hydrogen) atoms. The number of hydrogen-bond donors (Lipinski definition) is 0. The molecule has 1 atom stereocenters. The van der Waals surface area contributed by atoms with Gasteiger partial charge in [0.2, 0.25) is 0 Å². The van der Waals surface area contributed by atoms with Crippen molar-refractivity contribution < 1.29 is 14.6 Å². The first-order valence-electron chi connectivity index (χ1n) is 8.09. The third-order valence-electron chi connectivity index (χ3n) is 4.30. The van der Waals surface area contributed by atoms with Crippen molar-refractivity contribution in [2.75, 3.05) is 0 Å². The summed E-state index contributed by atoms with van der Waals surface area (Å²) < 4.78 is 5.23.